The van der Waals surface area contributed by atoms with Crippen LogP contribution in [0, 0.1) is 12.7 Å². The smallest absolute Gasteiger partial charge is 0.249 e. The minimum absolute atomic E-state index is 0.0449. The average molecular weight is 405 g/mol. The summed E-state index contributed by atoms with van der Waals surface area (Å²) in [6, 6.07) is 16.6. The Morgan fingerprint density at radius 3 is 2.77 bits per heavy atom. The van der Waals surface area contributed by atoms with E-state index in [0.717, 1.165) is 16.8 Å². The van der Waals surface area contributed by atoms with Gasteiger partial charge in [-0.15, -0.1) is 0 Å². The van der Waals surface area contributed by atoms with Crippen molar-refractivity contribution in [2.45, 2.75) is 26.1 Å². The molecular formula is C24H24FN3O2. The first-order chi connectivity index (χ1) is 14.6. The van der Waals surface area contributed by atoms with Gasteiger partial charge in [0.1, 0.15) is 12.4 Å². The number of benzene rings is 2. The molecule has 1 fully saturated rings. The quantitative estimate of drug-likeness (QED) is 0.667. The Hall–Kier alpha value is -3.25. The van der Waals surface area contributed by atoms with Crippen LogP contribution in [0.4, 0.5) is 10.1 Å². The van der Waals surface area contributed by atoms with Crippen molar-refractivity contribution in [3.8, 4) is 0 Å². The van der Waals surface area contributed by atoms with Crippen molar-refractivity contribution in [2.75, 3.05) is 18.5 Å². The highest BCUT2D eigenvalue weighted by atomic mass is 19.1. The highest BCUT2D eigenvalue weighted by Gasteiger charge is 2.30. The summed E-state index contributed by atoms with van der Waals surface area (Å²) in [6.07, 6.45) is 3.45. The highest BCUT2D eigenvalue weighted by Crippen LogP contribution is 2.28. The fourth-order valence-electron chi connectivity index (χ4n) is 3.54. The number of carbonyl (C=O) groups excluding carboxylic acids is 1. The van der Waals surface area contributed by atoms with Crippen molar-refractivity contribution in [3.63, 3.8) is 0 Å². The molecule has 30 heavy (non-hydrogen) atoms. The molecule has 5 nitrogen and oxygen atoms in total. The van der Waals surface area contributed by atoms with Crippen LogP contribution in [0.2, 0.25) is 0 Å². The number of rotatable bonds is 6. The van der Waals surface area contributed by atoms with Crippen molar-refractivity contribution in [1.29, 1.82) is 0 Å². The third-order valence-electron chi connectivity index (χ3n) is 5.26. The molecule has 0 bridgehead atoms. The second-order valence-corrected chi connectivity index (χ2v) is 7.49. The second kappa shape index (κ2) is 9.05. The number of aryl methyl sites for hydroxylation is 1. The second-order valence-electron chi connectivity index (χ2n) is 7.49. The summed E-state index contributed by atoms with van der Waals surface area (Å²) in [4.78, 5) is 18.8. The minimum Gasteiger partial charge on any atom is -0.380 e. The van der Waals surface area contributed by atoms with Crippen molar-refractivity contribution in [3.05, 3.63) is 95.1 Å². The minimum atomic E-state index is -0.246. The van der Waals surface area contributed by atoms with Crippen LogP contribution in [0.15, 0.2) is 67.0 Å². The molecule has 1 atom stereocenters. The number of carbonyl (C=O) groups is 1. The maximum atomic E-state index is 13.9. The molecule has 0 aliphatic carbocycles. The standard InChI is InChI=1S/C24H24FN3O2/c1-17-6-8-18(9-7-17)14-28-23(15-30-16-24(28)29)20-10-21(13-26-11-20)27-12-19-4-2-3-5-22(19)25/h2-11,13,23,27H,12,14-16H2,1H3. The number of amides is 1. The van der Waals surface area contributed by atoms with E-state index in [9.17, 15) is 9.18 Å². The highest BCUT2D eigenvalue weighted by molar-refractivity contribution is 5.78. The zero-order chi connectivity index (χ0) is 20.9. The monoisotopic (exact) mass is 405 g/mol. The van der Waals surface area contributed by atoms with Crippen LogP contribution in [-0.4, -0.2) is 29.0 Å². The molecule has 1 aliphatic heterocycles. The fraction of sp³-hybridized carbons (Fsp3) is 0.250. The molecular weight excluding hydrogens is 381 g/mol. The van der Waals surface area contributed by atoms with E-state index >= 15 is 0 Å². The van der Waals surface area contributed by atoms with E-state index in [-0.39, 0.29) is 24.4 Å². The summed E-state index contributed by atoms with van der Waals surface area (Å²) >= 11 is 0. The molecule has 0 radical (unpaired) electrons. The average Bonchev–Trinajstić information content (AvgIpc) is 2.76. The molecule has 3 aromatic rings. The molecule has 6 heteroatoms. The predicted octanol–water partition coefficient (Wildman–Crippen LogP) is 4.24. The number of nitrogens with zero attached hydrogens (tertiary/aromatic N) is 2. The van der Waals surface area contributed by atoms with Gasteiger partial charge in [0, 0.05) is 31.0 Å². The van der Waals surface area contributed by atoms with E-state index in [1.54, 1.807) is 24.5 Å². The molecule has 4 rings (SSSR count). The number of hydrogen-bond donors (Lipinski definition) is 1. The van der Waals surface area contributed by atoms with Crippen molar-refractivity contribution < 1.29 is 13.9 Å². The van der Waals surface area contributed by atoms with Gasteiger partial charge in [0.15, 0.2) is 0 Å². The van der Waals surface area contributed by atoms with Crippen LogP contribution in [0.1, 0.15) is 28.3 Å². The van der Waals surface area contributed by atoms with Gasteiger partial charge < -0.3 is 15.0 Å². The summed E-state index contributed by atoms with van der Waals surface area (Å²) in [6.45, 7) is 3.40. The van der Waals surface area contributed by atoms with E-state index < -0.39 is 0 Å². The topological polar surface area (TPSA) is 54.5 Å². The van der Waals surface area contributed by atoms with Gasteiger partial charge in [-0.2, -0.15) is 0 Å². The Labute approximate surface area is 175 Å². The molecule has 0 saturated carbocycles. The van der Waals surface area contributed by atoms with Crippen molar-refractivity contribution in [1.82, 2.24) is 9.88 Å². The van der Waals surface area contributed by atoms with Crippen LogP contribution in [0.25, 0.3) is 0 Å². The zero-order valence-corrected chi connectivity index (χ0v) is 16.8. The Kier molecular flexibility index (Phi) is 6.05. The molecule has 0 spiro atoms. The summed E-state index contributed by atoms with van der Waals surface area (Å²) in [5.74, 6) is -0.291. The summed E-state index contributed by atoms with van der Waals surface area (Å²) in [5, 5.41) is 3.22. The van der Waals surface area contributed by atoms with E-state index in [1.807, 2.05) is 48.2 Å². The lowest BCUT2D eigenvalue weighted by atomic mass is 10.0. The number of pyridine rings is 1. The third kappa shape index (κ3) is 4.66. The van der Waals surface area contributed by atoms with Gasteiger partial charge in [-0.25, -0.2) is 4.39 Å². The number of hydrogen-bond acceptors (Lipinski definition) is 4. The van der Waals surface area contributed by atoms with Gasteiger partial charge in [0.25, 0.3) is 0 Å². The third-order valence-corrected chi connectivity index (χ3v) is 5.26. The van der Waals surface area contributed by atoms with Gasteiger partial charge in [0.05, 0.1) is 18.3 Å². The summed E-state index contributed by atoms with van der Waals surface area (Å²) < 4.78 is 19.4. The molecule has 1 N–H and O–H groups in total. The van der Waals surface area contributed by atoms with E-state index in [2.05, 4.69) is 10.3 Å². The fourth-order valence-corrected chi connectivity index (χ4v) is 3.54. The Morgan fingerprint density at radius 2 is 1.97 bits per heavy atom. The number of morpholine rings is 1. The Balaban J connectivity index is 1.52. The van der Waals surface area contributed by atoms with Crippen LogP contribution >= 0.6 is 0 Å². The van der Waals surface area contributed by atoms with Crippen LogP contribution < -0.4 is 5.32 Å². The molecule has 1 unspecified atom stereocenters. The molecule has 1 aromatic heterocycles. The zero-order valence-electron chi connectivity index (χ0n) is 16.8. The molecule has 1 amide bonds. The molecule has 1 saturated heterocycles. The maximum absolute atomic E-state index is 13.9. The molecule has 2 aromatic carbocycles. The van der Waals surface area contributed by atoms with Crippen molar-refractivity contribution in [2.24, 2.45) is 0 Å². The SMILES string of the molecule is Cc1ccc(CN2C(=O)COCC2c2cncc(NCc3ccccc3F)c2)cc1. The first kappa shape index (κ1) is 20.0. The van der Waals surface area contributed by atoms with Gasteiger partial charge in [-0.05, 0) is 30.2 Å². The molecule has 1 aliphatic rings. The summed E-state index contributed by atoms with van der Waals surface area (Å²) in [7, 11) is 0. The van der Waals surface area contributed by atoms with E-state index in [1.165, 1.54) is 11.6 Å². The van der Waals surface area contributed by atoms with Gasteiger partial charge >= 0.3 is 0 Å². The molecule has 2 heterocycles. The number of halogens is 1. The van der Waals surface area contributed by atoms with Gasteiger partial charge in [-0.3, -0.25) is 9.78 Å². The number of aromatic nitrogens is 1. The largest absolute Gasteiger partial charge is 0.380 e. The van der Waals surface area contributed by atoms with E-state index in [4.69, 9.17) is 4.74 Å². The van der Waals surface area contributed by atoms with Crippen molar-refractivity contribution >= 4 is 11.6 Å². The van der Waals surface area contributed by atoms with Gasteiger partial charge in [0.2, 0.25) is 5.91 Å². The van der Waals surface area contributed by atoms with Crippen LogP contribution in [0.3, 0.4) is 0 Å². The normalized spacial score (nSPS) is 16.5. The molecule has 154 valence electrons. The Bertz CT molecular complexity index is 1020. The van der Waals surface area contributed by atoms with Crippen LogP contribution in [-0.2, 0) is 22.6 Å². The van der Waals surface area contributed by atoms with Crippen LogP contribution in [0.5, 0.6) is 0 Å². The first-order valence-electron chi connectivity index (χ1n) is 9.95. The lowest BCUT2D eigenvalue weighted by Gasteiger charge is -2.36. The number of nitrogens with one attached hydrogen (secondary N) is 1. The summed E-state index contributed by atoms with van der Waals surface area (Å²) in [5.41, 5.74) is 4.49. The lowest BCUT2D eigenvalue weighted by molar-refractivity contribution is -0.149. The number of ether oxygens (including phenoxy) is 1. The maximum Gasteiger partial charge on any atom is 0.249 e. The Morgan fingerprint density at radius 1 is 1.17 bits per heavy atom. The van der Waals surface area contributed by atoms with E-state index in [0.29, 0.717) is 25.3 Å². The lowest BCUT2D eigenvalue weighted by Crippen LogP contribution is -2.43. The first-order valence-corrected chi connectivity index (χ1v) is 9.95. The number of anilines is 1. The predicted molar refractivity (Wildman–Crippen MR) is 113 cm³/mol. The van der Waals surface area contributed by atoms with Gasteiger partial charge in [-0.1, -0.05) is 48.0 Å².